The SMILES string of the molecule is CCNC(=NCc1cccc(NC(=O)Cn2cccn2)c1)NCCc1ccco1. The molecule has 8 heteroatoms. The highest BCUT2D eigenvalue weighted by Gasteiger charge is 2.05. The maximum Gasteiger partial charge on any atom is 0.246 e. The highest BCUT2D eigenvalue weighted by Crippen LogP contribution is 2.12. The molecule has 2 aromatic heterocycles. The van der Waals surface area contributed by atoms with Crippen molar-refractivity contribution >= 4 is 17.6 Å². The van der Waals surface area contributed by atoms with Gasteiger partial charge < -0.3 is 20.4 Å². The van der Waals surface area contributed by atoms with Gasteiger partial charge in [-0.2, -0.15) is 5.10 Å². The smallest absolute Gasteiger partial charge is 0.246 e. The zero-order valence-corrected chi connectivity index (χ0v) is 16.5. The lowest BCUT2D eigenvalue weighted by molar-refractivity contribution is -0.116. The number of aliphatic imine (C=N–C) groups is 1. The Hall–Kier alpha value is -3.55. The van der Waals surface area contributed by atoms with Gasteiger partial charge in [-0.25, -0.2) is 4.99 Å². The van der Waals surface area contributed by atoms with E-state index in [0.29, 0.717) is 6.54 Å². The highest BCUT2D eigenvalue weighted by molar-refractivity contribution is 5.90. The van der Waals surface area contributed by atoms with Crippen LogP contribution in [0.3, 0.4) is 0 Å². The fourth-order valence-electron chi connectivity index (χ4n) is 2.76. The molecule has 0 atom stereocenters. The number of hydrogen-bond acceptors (Lipinski definition) is 4. The summed E-state index contributed by atoms with van der Waals surface area (Å²) in [7, 11) is 0. The summed E-state index contributed by atoms with van der Waals surface area (Å²) in [6.07, 6.45) is 5.87. The van der Waals surface area contributed by atoms with Crippen molar-refractivity contribution in [3.8, 4) is 0 Å². The summed E-state index contributed by atoms with van der Waals surface area (Å²) in [4.78, 5) is 16.8. The summed E-state index contributed by atoms with van der Waals surface area (Å²) in [5.41, 5.74) is 1.75. The topological polar surface area (TPSA) is 96.5 Å². The molecule has 29 heavy (non-hydrogen) atoms. The van der Waals surface area contributed by atoms with Crippen molar-refractivity contribution in [1.29, 1.82) is 0 Å². The summed E-state index contributed by atoms with van der Waals surface area (Å²) in [5.74, 6) is 1.56. The molecule has 3 rings (SSSR count). The van der Waals surface area contributed by atoms with Gasteiger partial charge >= 0.3 is 0 Å². The first-order valence-electron chi connectivity index (χ1n) is 9.63. The second-order valence-electron chi connectivity index (χ2n) is 6.40. The zero-order valence-electron chi connectivity index (χ0n) is 16.5. The van der Waals surface area contributed by atoms with Gasteiger partial charge in [0.25, 0.3) is 0 Å². The molecule has 8 nitrogen and oxygen atoms in total. The molecule has 0 radical (unpaired) electrons. The van der Waals surface area contributed by atoms with Crippen molar-refractivity contribution < 1.29 is 9.21 Å². The van der Waals surface area contributed by atoms with Crippen molar-refractivity contribution in [3.63, 3.8) is 0 Å². The Labute approximate surface area is 170 Å². The van der Waals surface area contributed by atoms with E-state index in [2.05, 4.69) is 26.0 Å². The van der Waals surface area contributed by atoms with Crippen LogP contribution in [-0.4, -0.2) is 34.7 Å². The Morgan fingerprint density at radius 1 is 1.21 bits per heavy atom. The van der Waals surface area contributed by atoms with Gasteiger partial charge in [-0.3, -0.25) is 9.48 Å². The van der Waals surface area contributed by atoms with E-state index in [9.17, 15) is 4.79 Å². The number of hydrogen-bond donors (Lipinski definition) is 3. The van der Waals surface area contributed by atoms with Crippen molar-refractivity contribution in [2.75, 3.05) is 18.4 Å². The largest absolute Gasteiger partial charge is 0.469 e. The van der Waals surface area contributed by atoms with E-state index in [1.54, 1.807) is 29.4 Å². The van der Waals surface area contributed by atoms with Crippen LogP contribution in [0.4, 0.5) is 5.69 Å². The predicted octanol–water partition coefficient (Wildman–Crippen LogP) is 2.41. The second kappa shape index (κ2) is 10.7. The third-order valence-electron chi connectivity index (χ3n) is 4.08. The number of amides is 1. The number of carbonyl (C=O) groups excluding carboxylic acids is 1. The first kappa shape index (κ1) is 20.2. The van der Waals surface area contributed by atoms with Crippen LogP contribution in [0.1, 0.15) is 18.2 Å². The standard InChI is InChI=1S/C21H26N6O2/c1-2-22-21(23-11-9-19-8-4-13-29-19)24-15-17-6-3-7-18(14-17)26-20(28)16-27-12-5-10-25-27/h3-8,10,12-14H,2,9,11,15-16H2,1H3,(H,26,28)(H2,22,23,24). The van der Waals surface area contributed by atoms with Crippen molar-refractivity contribution in [2.24, 2.45) is 4.99 Å². The molecule has 0 aliphatic heterocycles. The minimum absolute atomic E-state index is 0.123. The summed E-state index contributed by atoms with van der Waals surface area (Å²) in [5, 5.41) is 13.5. The average Bonchev–Trinajstić information content (AvgIpc) is 3.40. The fourth-order valence-corrected chi connectivity index (χ4v) is 2.76. The maximum absolute atomic E-state index is 12.1. The van der Waals surface area contributed by atoms with Crippen molar-refractivity contribution in [3.05, 3.63) is 72.4 Å². The fraction of sp³-hybridized carbons (Fsp3) is 0.286. The van der Waals surface area contributed by atoms with Gasteiger partial charge in [0.2, 0.25) is 5.91 Å². The Morgan fingerprint density at radius 3 is 2.90 bits per heavy atom. The number of nitrogens with one attached hydrogen (secondary N) is 3. The van der Waals surface area contributed by atoms with Gasteiger partial charge in [-0.05, 0) is 42.8 Å². The molecule has 0 spiro atoms. The molecule has 0 aliphatic rings. The lowest BCUT2D eigenvalue weighted by atomic mass is 10.2. The summed E-state index contributed by atoms with van der Waals surface area (Å²) in [6.45, 7) is 4.21. The van der Waals surface area contributed by atoms with Crippen LogP contribution >= 0.6 is 0 Å². The molecule has 152 valence electrons. The Kier molecular flexibility index (Phi) is 7.45. The molecule has 0 saturated carbocycles. The highest BCUT2D eigenvalue weighted by atomic mass is 16.3. The van der Waals surface area contributed by atoms with E-state index in [1.165, 1.54) is 0 Å². The molecule has 0 fully saturated rings. The molecule has 0 saturated heterocycles. The first-order chi connectivity index (χ1) is 14.2. The number of nitrogens with zero attached hydrogens (tertiary/aromatic N) is 3. The van der Waals surface area contributed by atoms with Crippen LogP contribution in [-0.2, 0) is 24.3 Å². The predicted molar refractivity (Wildman–Crippen MR) is 113 cm³/mol. The Bertz CT molecular complexity index is 903. The van der Waals surface area contributed by atoms with E-state index in [0.717, 1.165) is 42.5 Å². The lowest BCUT2D eigenvalue weighted by Gasteiger charge is -2.11. The van der Waals surface area contributed by atoms with E-state index in [4.69, 9.17) is 4.42 Å². The minimum atomic E-state index is -0.123. The van der Waals surface area contributed by atoms with E-state index in [-0.39, 0.29) is 12.5 Å². The average molecular weight is 394 g/mol. The van der Waals surface area contributed by atoms with Crippen LogP contribution < -0.4 is 16.0 Å². The molecule has 1 aromatic carbocycles. The molecular weight excluding hydrogens is 368 g/mol. The third kappa shape index (κ3) is 6.84. The molecule has 3 N–H and O–H groups in total. The lowest BCUT2D eigenvalue weighted by Crippen LogP contribution is -2.38. The summed E-state index contributed by atoms with van der Waals surface area (Å²) >= 11 is 0. The van der Waals surface area contributed by atoms with Crippen LogP contribution in [0.25, 0.3) is 0 Å². The van der Waals surface area contributed by atoms with E-state index < -0.39 is 0 Å². The zero-order chi connectivity index (χ0) is 20.3. The van der Waals surface area contributed by atoms with Gasteiger partial charge in [0.15, 0.2) is 5.96 Å². The quantitative estimate of drug-likeness (QED) is 0.383. The van der Waals surface area contributed by atoms with Crippen LogP contribution in [0, 0.1) is 0 Å². The number of rotatable bonds is 9. The van der Waals surface area contributed by atoms with Gasteiger partial charge in [0, 0.05) is 37.6 Å². The second-order valence-corrected chi connectivity index (χ2v) is 6.40. The van der Waals surface area contributed by atoms with Crippen LogP contribution in [0.5, 0.6) is 0 Å². The summed E-state index contributed by atoms with van der Waals surface area (Å²) in [6, 6.07) is 13.3. The monoisotopic (exact) mass is 394 g/mol. The maximum atomic E-state index is 12.1. The Morgan fingerprint density at radius 2 is 2.14 bits per heavy atom. The van der Waals surface area contributed by atoms with E-state index >= 15 is 0 Å². The van der Waals surface area contributed by atoms with Crippen molar-refractivity contribution in [1.82, 2.24) is 20.4 Å². The molecular formula is C21H26N6O2. The molecule has 2 heterocycles. The number of benzene rings is 1. The number of carbonyl (C=O) groups is 1. The molecule has 1 amide bonds. The van der Waals surface area contributed by atoms with Gasteiger partial charge in [0.1, 0.15) is 12.3 Å². The first-order valence-corrected chi connectivity index (χ1v) is 9.63. The minimum Gasteiger partial charge on any atom is -0.469 e. The van der Waals surface area contributed by atoms with Gasteiger partial charge in [-0.15, -0.1) is 0 Å². The Balaban J connectivity index is 1.53. The number of guanidine groups is 1. The normalized spacial score (nSPS) is 11.3. The number of anilines is 1. The van der Waals surface area contributed by atoms with Gasteiger partial charge in [-0.1, -0.05) is 12.1 Å². The van der Waals surface area contributed by atoms with Crippen LogP contribution in [0.2, 0.25) is 0 Å². The summed E-state index contributed by atoms with van der Waals surface area (Å²) < 4.78 is 6.93. The molecule has 0 unspecified atom stereocenters. The molecule has 3 aromatic rings. The number of aromatic nitrogens is 2. The third-order valence-corrected chi connectivity index (χ3v) is 4.08. The molecule has 0 bridgehead atoms. The van der Waals surface area contributed by atoms with Crippen LogP contribution in [0.15, 0.2) is 70.5 Å². The van der Waals surface area contributed by atoms with Crippen molar-refractivity contribution in [2.45, 2.75) is 26.4 Å². The molecule has 0 aliphatic carbocycles. The van der Waals surface area contributed by atoms with Gasteiger partial charge in [0.05, 0.1) is 12.8 Å². The number of furan rings is 1. The van der Waals surface area contributed by atoms with E-state index in [1.807, 2.05) is 43.3 Å².